The van der Waals surface area contributed by atoms with Crippen LogP contribution in [-0.2, 0) is 5.41 Å². The molecule has 0 atom stereocenters. The molecule has 0 bridgehead atoms. The molecule has 0 spiro atoms. The number of ether oxygens (including phenoxy) is 1. The second kappa shape index (κ2) is 14.0. The Labute approximate surface area is 248 Å². The standard InChI is InChI=1S/C30H33BrN4O4S/c1-5-6-17-39-25-16-11-21(18-24(25)31)27(37)33-29(40)35-34-28(38)20-9-14-23(15-10-20)32-26(36)19-7-12-22(13-8-19)30(2,3)4/h7-16,18H,5-6,17H2,1-4H3,(H,32,36)(H,34,38)(H2,33,35,37,40). The predicted octanol–water partition coefficient (Wildman–Crippen LogP) is 6.13. The molecule has 3 rings (SSSR count). The molecule has 0 aliphatic rings. The van der Waals surface area contributed by atoms with Gasteiger partial charge < -0.3 is 10.1 Å². The van der Waals surface area contributed by atoms with Gasteiger partial charge in [-0.3, -0.25) is 30.6 Å². The van der Waals surface area contributed by atoms with Crippen molar-refractivity contribution in [2.75, 3.05) is 11.9 Å². The van der Waals surface area contributed by atoms with Crippen LogP contribution in [0.25, 0.3) is 0 Å². The highest BCUT2D eigenvalue weighted by atomic mass is 79.9. The van der Waals surface area contributed by atoms with Crippen LogP contribution >= 0.6 is 28.1 Å². The summed E-state index contributed by atoms with van der Waals surface area (Å²) in [4.78, 5) is 37.6. The number of rotatable bonds is 8. The van der Waals surface area contributed by atoms with E-state index in [2.05, 4.69) is 65.1 Å². The Hall–Kier alpha value is -3.76. The summed E-state index contributed by atoms with van der Waals surface area (Å²) >= 11 is 8.54. The van der Waals surface area contributed by atoms with Crippen LogP contribution in [0.5, 0.6) is 5.75 Å². The summed E-state index contributed by atoms with van der Waals surface area (Å²) in [5, 5.41) is 5.27. The zero-order valence-electron chi connectivity index (χ0n) is 22.9. The molecular weight excluding hydrogens is 592 g/mol. The largest absolute Gasteiger partial charge is 0.492 e. The number of amides is 3. The molecule has 8 nitrogen and oxygen atoms in total. The van der Waals surface area contributed by atoms with Crippen LogP contribution < -0.4 is 26.2 Å². The van der Waals surface area contributed by atoms with E-state index in [1.165, 1.54) is 0 Å². The highest BCUT2D eigenvalue weighted by Gasteiger charge is 2.15. The summed E-state index contributed by atoms with van der Waals surface area (Å²) in [7, 11) is 0. The first-order valence-corrected chi connectivity index (χ1v) is 14.0. The van der Waals surface area contributed by atoms with Crippen LogP contribution in [0.15, 0.2) is 71.2 Å². The van der Waals surface area contributed by atoms with Crippen LogP contribution in [0.4, 0.5) is 5.69 Å². The Morgan fingerprint density at radius 2 is 1.43 bits per heavy atom. The Balaban J connectivity index is 1.48. The minimum Gasteiger partial charge on any atom is -0.492 e. The number of hydrazine groups is 1. The minimum absolute atomic E-state index is 0.00252. The molecule has 10 heteroatoms. The lowest BCUT2D eigenvalue weighted by atomic mass is 9.87. The third kappa shape index (κ3) is 8.89. The number of halogens is 1. The highest BCUT2D eigenvalue weighted by molar-refractivity contribution is 9.10. The smallest absolute Gasteiger partial charge is 0.269 e. The second-order valence-electron chi connectivity index (χ2n) is 10.1. The van der Waals surface area contributed by atoms with Gasteiger partial charge in [0.25, 0.3) is 17.7 Å². The average molecular weight is 626 g/mol. The van der Waals surface area contributed by atoms with E-state index in [4.69, 9.17) is 17.0 Å². The van der Waals surface area contributed by atoms with Crippen LogP contribution in [0, 0.1) is 0 Å². The lowest BCUT2D eigenvalue weighted by Gasteiger charge is -2.19. The second-order valence-corrected chi connectivity index (χ2v) is 11.3. The van der Waals surface area contributed by atoms with Gasteiger partial charge in [0.15, 0.2) is 5.11 Å². The summed E-state index contributed by atoms with van der Waals surface area (Å²) < 4.78 is 6.33. The maximum absolute atomic E-state index is 12.6. The first kappa shape index (κ1) is 30.8. The Kier molecular flexibility index (Phi) is 10.8. The molecule has 3 aromatic carbocycles. The molecular formula is C30H33BrN4O4S. The van der Waals surface area contributed by atoms with Crippen molar-refractivity contribution in [3.63, 3.8) is 0 Å². The Bertz CT molecular complexity index is 1370. The Morgan fingerprint density at radius 3 is 2.02 bits per heavy atom. The van der Waals surface area contributed by atoms with E-state index in [0.717, 1.165) is 18.4 Å². The topological polar surface area (TPSA) is 109 Å². The number of thiocarbonyl (C=S) groups is 1. The lowest BCUT2D eigenvalue weighted by molar-refractivity contribution is 0.0934. The van der Waals surface area contributed by atoms with E-state index in [1.54, 1.807) is 54.6 Å². The van der Waals surface area contributed by atoms with E-state index < -0.39 is 11.8 Å². The quantitative estimate of drug-likeness (QED) is 0.136. The van der Waals surface area contributed by atoms with Gasteiger partial charge in [-0.25, -0.2) is 0 Å². The number of carbonyl (C=O) groups excluding carboxylic acids is 3. The third-order valence-corrected chi connectivity index (χ3v) is 6.71. The number of carbonyl (C=O) groups is 3. The maximum Gasteiger partial charge on any atom is 0.269 e. The molecule has 0 fully saturated rings. The first-order chi connectivity index (χ1) is 19.0. The SMILES string of the molecule is CCCCOc1ccc(C(=O)NC(=S)NNC(=O)c2ccc(NC(=O)c3ccc(C(C)(C)C)cc3)cc2)cc1Br. The van der Waals surface area contributed by atoms with Crippen LogP contribution in [-0.4, -0.2) is 29.4 Å². The summed E-state index contributed by atoms with van der Waals surface area (Å²) in [6, 6.07) is 18.8. The first-order valence-electron chi connectivity index (χ1n) is 12.8. The summed E-state index contributed by atoms with van der Waals surface area (Å²) in [5.41, 5.74) is 7.89. The van der Waals surface area contributed by atoms with Crippen molar-refractivity contribution < 1.29 is 19.1 Å². The molecule has 0 aromatic heterocycles. The average Bonchev–Trinajstić information content (AvgIpc) is 2.92. The molecule has 0 heterocycles. The van der Waals surface area contributed by atoms with Gasteiger partial charge in [0, 0.05) is 22.4 Å². The van der Waals surface area contributed by atoms with Gasteiger partial charge in [0.1, 0.15) is 5.75 Å². The summed E-state index contributed by atoms with van der Waals surface area (Å²) in [6.45, 7) is 9.02. The molecule has 0 radical (unpaired) electrons. The fraction of sp³-hybridized carbons (Fsp3) is 0.267. The summed E-state index contributed by atoms with van der Waals surface area (Å²) in [5.74, 6) is -0.506. The van der Waals surface area contributed by atoms with Crippen molar-refractivity contribution in [1.82, 2.24) is 16.2 Å². The van der Waals surface area contributed by atoms with Crippen molar-refractivity contribution in [3.05, 3.63) is 93.5 Å². The number of nitrogens with one attached hydrogen (secondary N) is 4. The van der Waals surface area contributed by atoms with Crippen molar-refractivity contribution in [3.8, 4) is 5.75 Å². The fourth-order valence-corrected chi connectivity index (χ4v) is 4.14. The van der Waals surface area contributed by atoms with Gasteiger partial charge >= 0.3 is 0 Å². The maximum atomic E-state index is 12.6. The van der Waals surface area contributed by atoms with E-state index in [0.29, 0.717) is 39.2 Å². The zero-order valence-corrected chi connectivity index (χ0v) is 25.3. The number of hydrogen-bond acceptors (Lipinski definition) is 5. The number of unbranched alkanes of at least 4 members (excludes halogenated alkanes) is 1. The van der Waals surface area contributed by atoms with Crippen molar-refractivity contribution >= 4 is 56.7 Å². The molecule has 40 heavy (non-hydrogen) atoms. The van der Waals surface area contributed by atoms with Gasteiger partial charge in [0.05, 0.1) is 11.1 Å². The minimum atomic E-state index is -0.469. The van der Waals surface area contributed by atoms with Gasteiger partial charge in [-0.15, -0.1) is 0 Å². The number of hydrogen-bond donors (Lipinski definition) is 4. The molecule has 3 amide bonds. The van der Waals surface area contributed by atoms with Gasteiger partial charge in [-0.05, 0) is 100 Å². The normalized spacial score (nSPS) is 10.8. The molecule has 0 unspecified atom stereocenters. The van der Waals surface area contributed by atoms with E-state index in [1.807, 2.05) is 12.1 Å². The molecule has 0 saturated carbocycles. The fourth-order valence-electron chi connectivity index (χ4n) is 3.51. The van der Waals surface area contributed by atoms with E-state index in [-0.39, 0.29) is 16.4 Å². The highest BCUT2D eigenvalue weighted by Crippen LogP contribution is 2.26. The molecule has 4 N–H and O–H groups in total. The van der Waals surface area contributed by atoms with Crippen LogP contribution in [0.1, 0.15) is 77.2 Å². The van der Waals surface area contributed by atoms with Crippen LogP contribution in [0.2, 0.25) is 0 Å². The van der Waals surface area contributed by atoms with E-state index in [9.17, 15) is 14.4 Å². The number of benzene rings is 3. The van der Waals surface area contributed by atoms with Gasteiger partial charge in [0.2, 0.25) is 0 Å². The van der Waals surface area contributed by atoms with Gasteiger partial charge in [-0.2, -0.15) is 0 Å². The summed E-state index contributed by atoms with van der Waals surface area (Å²) in [6.07, 6.45) is 1.96. The molecule has 210 valence electrons. The van der Waals surface area contributed by atoms with Crippen molar-refractivity contribution in [2.24, 2.45) is 0 Å². The van der Waals surface area contributed by atoms with Crippen molar-refractivity contribution in [1.29, 1.82) is 0 Å². The lowest BCUT2D eigenvalue weighted by Crippen LogP contribution is -2.48. The predicted molar refractivity (Wildman–Crippen MR) is 165 cm³/mol. The molecule has 0 aliphatic heterocycles. The number of anilines is 1. The third-order valence-electron chi connectivity index (χ3n) is 5.88. The van der Waals surface area contributed by atoms with E-state index >= 15 is 0 Å². The van der Waals surface area contributed by atoms with Crippen molar-refractivity contribution in [2.45, 2.75) is 46.0 Å². The zero-order chi connectivity index (χ0) is 29.3. The molecule has 0 saturated heterocycles. The molecule has 0 aliphatic carbocycles. The Morgan fingerprint density at radius 1 is 0.825 bits per heavy atom. The van der Waals surface area contributed by atoms with Crippen LogP contribution in [0.3, 0.4) is 0 Å². The molecule has 3 aromatic rings. The monoisotopic (exact) mass is 624 g/mol. The van der Waals surface area contributed by atoms with Gasteiger partial charge in [-0.1, -0.05) is 46.2 Å².